The number of carbonyl (C=O) groups excluding carboxylic acids is 2. The largest absolute Gasteiger partial charge is 0.392 e. The molecule has 0 saturated carbocycles. The Morgan fingerprint density at radius 2 is 1.67 bits per heavy atom. The molecule has 0 aromatic carbocycles. The minimum absolute atomic E-state index is 0.442. The molecule has 0 aliphatic carbocycles. The SMILES string of the molecule is CC(=O)C(F)(F)C(=O)F. The average molecular weight is 140 g/mol. The van der Waals surface area contributed by atoms with Gasteiger partial charge < -0.3 is 0 Å². The third-order valence-corrected chi connectivity index (χ3v) is 0.689. The monoisotopic (exact) mass is 140 g/mol. The molecule has 0 N–H and O–H groups in total. The smallest absolute Gasteiger partial charge is 0.293 e. The van der Waals surface area contributed by atoms with Crippen molar-refractivity contribution in [1.29, 1.82) is 0 Å². The van der Waals surface area contributed by atoms with Crippen LogP contribution in [0.1, 0.15) is 6.92 Å². The molecule has 0 saturated heterocycles. The topological polar surface area (TPSA) is 34.1 Å². The zero-order chi connectivity index (χ0) is 7.65. The van der Waals surface area contributed by atoms with E-state index < -0.39 is 17.7 Å². The summed E-state index contributed by atoms with van der Waals surface area (Å²) in [4.78, 5) is 19.0. The summed E-state index contributed by atoms with van der Waals surface area (Å²) < 4.78 is 34.3. The first kappa shape index (κ1) is 8.13. The molecule has 2 nitrogen and oxygen atoms in total. The summed E-state index contributed by atoms with van der Waals surface area (Å²) in [6, 6.07) is -2.91. The number of rotatable bonds is 2. The highest BCUT2D eigenvalue weighted by Crippen LogP contribution is 2.15. The van der Waals surface area contributed by atoms with E-state index in [0.717, 1.165) is 0 Å². The van der Waals surface area contributed by atoms with Gasteiger partial charge in [0.15, 0.2) is 0 Å². The summed E-state index contributed by atoms with van der Waals surface area (Å²) >= 11 is 0. The number of alkyl halides is 2. The summed E-state index contributed by atoms with van der Waals surface area (Å²) in [7, 11) is 0. The Kier molecular flexibility index (Phi) is 1.95. The number of hydrogen-bond acceptors (Lipinski definition) is 2. The van der Waals surface area contributed by atoms with E-state index in [1.165, 1.54) is 0 Å². The molecule has 0 fully saturated rings. The van der Waals surface area contributed by atoms with Crippen molar-refractivity contribution in [3.05, 3.63) is 0 Å². The van der Waals surface area contributed by atoms with E-state index in [4.69, 9.17) is 0 Å². The third kappa shape index (κ3) is 1.51. The van der Waals surface area contributed by atoms with E-state index >= 15 is 0 Å². The summed E-state index contributed by atoms with van der Waals surface area (Å²) in [6.07, 6.45) is 0. The van der Waals surface area contributed by atoms with Crippen LogP contribution in [-0.2, 0) is 9.59 Å². The molecule has 0 aromatic rings. The second-order valence-corrected chi connectivity index (χ2v) is 1.40. The molecule has 0 aliphatic rings. The molecule has 52 valence electrons. The number of carbonyl (C=O) groups is 2. The zero-order valence-electron chi connectivity index (χ0n) is 4.45. The van der Waals surface area contributed by atoms with E-state index in [1.54, 1.807) is 0 Å². The summed E-state index contributed by atoms with van der Waals surface area (Å²) in [5.74, 6) is -6.23. The molecular weight excluding hydrogens is 137 g/mol. The Balaban J connectivity index is 4.38. The highest BCUT2D eigenvalue weighted by molar-refractivity contribution is 6.03. The molecule has 0 amide bonds. The Morgan fingerprint density at radius 1 is 1.33 bits per heavy atom. The lowest BCUT2D eigenvalue weighted by atomic mass is 10.2. The van der Waals surface area contributed by atoms with E-state index in [-0.39, 0.29) is 0 Å². The fraction of sp³-hybridized carbons (Fsp3) is 0.500. The molecule has 0 bridgehead atoms. The molecule has 5 heteroatoms. The van der Waals surface area contributed by atoms with Crippen molar-refractivity contribution in [2.75, 3.05) is 0 Å². The summed E-state index contributed by atoms with van der Waals surface area (Å²) in [6.45, 7) is 0.442. The van der Waals surface area contributed by atoms with Gasteiger partial charge in [-0.2, -0.15) is 13.2 Å². The molecular formula is C4H3F3O2. The van der Waals surface area contributed by atoms with Crippen molar-refractivity contribution in [2.45, 2.75) is 12.8 Å². The maximum Gasteiger partial charge on any atom is 0.392 e. The molecule has 9 heavy (non-hydrogen) atoms. The normalized spacial score (nSPS) is 11.1. The van der Waals surface area contributed by atoms with Gasteiger partial charge in [-0.25, -0.2) is 0 Å². The fourth-order valence-electron chi connectivity index (χ4n) is 0.138. The van der Waals surface area contributed by atoms with Crippen LogP contribution < -0.4 is 0 Å². The van der Waals surface area contributed by atoms with Crippen LogP contribution in [0.3, 0.4) is 0 Å². The standard InChI is InChI=1S/C4H3F3O2/c1-2(8)4(6,7)3(5)9/h1H3. The molecule has 0 atom stereocenters. The van der Waals surface area contributed by atoms with Crippen LogP contribution in [-0.4, -0.2) is 17.7 Å². The van der Waals surface area contributed by atoms with E-state index in [9.17, 15) is 22.8 Å². The Bertz CT molecular complexity index is 136. The van der Waals surface area contributed by atoms with Crippen LogP contribution in [0, 0.1) is 0 Å². The lowest BCUT2D eigenvalue weighted by molar-refractivity contribution is -0.163. The van der Waals surface area contributed by atoms with Crippen molar-refractivity contribution in [2.24, 2.45) is 0 Å². The fourth-order valence-corrected chi connectivity index (χ4v) is 0.138. The van der Waals surface area contributed by atoms with Crippen LogP contribution in [0.4, 0.5) is 13.2 Å². The van der Waals surface area contributed by atoms with Crippen LogP contribution in [0.2, 0.25) is 0 Å². The quantitative estimate of drug-likeness (QED) is 0.418. The van der Waals surface area contributed by atoms with Crippen LogP contribution in [0.25, 0.3) is 0 Å². The molecule has 0 rings (SSSR count). The molecule has 0 unspecified atom stereocenters. The first-order chi connectivity index (χ1) is 3.89. The van der Waals surface area contributed by atoms with E-state index in [2.05, 4.69) is 0 Å². The lowest BCUT2D eigenvalue weighted by Crippen LogP contribution is -2.33. The van der Waals surface area contributed by atoms with E-state index in [1.807, 2.05) is 0 Å². The summed E-state index contributed by atoms with van der Waals surface area (Å²) in [5, 5.41) is 0. The Morgan fingerprint density at radius 3 is 1.67 bits per heavy atom. The Labute approximate surface area is 48.7 Å². The number of ketones is 1. The molecule has 0 radical (unpaired) electrons. The number of Topliss-reactive ketones (excluding diaryl/α,β-unsaturated/α-hetero) is 1. The predicted molar refractivity (Wildman–Crippen MR) is 21.7 cm³/mol. The predicted octanol–water partition coefficient (Wildman–Crippen LogP) is 0.707. The summed E-state index contributed by atoms with van der Waals surface area (Å²) in [5.41, 5.74) is 0. The van der Waals surface area contributed by atoms with Gasteiger partial charge in [0.2, 0.25) is 5.78 Å². The minimum atomic E-state index is -4.44. The van der Waals surface area contributed by atoms with Gasteiger partial charge in [-0.1, -0.05) is 0 Å². The van der Waals surface area contributed by atoms with Gasteiger partial charge >= 0.3 is 12.0 Å². The van der Waals surface area contributed by atoms with Gasteiger partial charge in [-0.15, -0.1) is 0 Å². The van der Waals surface area contributed by atoms with Crippen LogP contribution >= 0.6 is 0 Å². The van der Waals surface area contributed by atoms with Crippen molar-refractivity contribution in [1.82, 2.24) is 0 Å². The molecule has 0 aromatic heterocycles. The van der Waals surface area contributed by atoms with E-state index in [0.29, 0.717) is 6.92 Å². The molecule has 0 aliphatic heterocycles. The maximum atomic E-state index is 11.6. The van der Waals surface area contributed by atoms with Gasteiger partial charge in [0.25, 0.3) is 0 Å². The second-order valence-electron chi connectivity index (χ2n) is 1.40. The number of halogens is 3. The highest BCUT2D eigenvalue weighted by atomic mass is 19.3. The average Bonchev–Trinajstić information content (AvgIpc) is 1.65. The van der Waals surface area contributed by atoms with Crippen LogP contribution in [0.15, 0.2) is 0 Å². The van der Waals surface area contributed by atoms with Gasteiger partial charge in [-0.05, 0) is 0 Å². The lowest BCUT2D eigenvalue weighted by Gasteiger charge is -2.02. The minimum Gasteiger partial charge on any atom is -0.293 e. The first-order valence-corrected chi connectivity index (χ1v) is 1.98. The van der Waals surface area contributed by atoms with Crippen molar-refractivity contribution in [3.63, 3.8) is 0 Å². The first-order valence-electron chi connectivity index (χ1n) is 1.98. The van der Waals surface area contributed by atoms with Gasteiger partial charge in [0.05, 0.1) is 0 Å². The van der Waals surface area contributed by atoms with Crippen molar-refractivity contribution >= 4 is 11.8 Å². The van der Waals surface area contributed by atoms with Crippen molar-refractivity contribution < 1.29 is 22.8 Å². The van der Waals surface area contributed by atoms with Crippen molar-refractivity contribution in [3.8, 4) is 0 Å². The van der Waals surface area contributed by atoms with Gasteiger partial charge in [0, 0.05) is 6.92 Å². The highest BCUT2D eigenvalue weighted by Gasteiger charge is 2.44. The number of hydrogen-bond donors (Lipinski definition) is 0. The maximum absolute atomic E-state index is 11.6. The third-order valence-electron chi connectivity index (χ3n) is 0.689. The zero-order valence-corrected chi connectivity index (χ0v) is 4.45. The molecule has 0 spiro atoms. The molecule has 0 heterocycles. The van der Waals surface area contributed by atoms with Gasteiger partial charge in [0.1, 0.15) is 0 Å². The second kappa shape index (κ2) is 2.16. The van der Waals surface area contributed by atoms with Gasteiger partial charge in [-0.3, -0.25) is 9.59 Å². The Hall–Kier alpha value is -0.870. The van der Waals surface area contributed by atoms with Crippen LogP contribution in [0.5, 0.6) is 0 Å².